The quantitative estimate of drug-likeness (QED) is 0.191. The summed E-state index contributed by atoms with van der Waals surface area (Å²) in [6.45, 7) is -3.53. The Morgan fingerprint density at radius 1 is 0.792 bits per heavy atom. The van der Waals surface area contributed by atoms with Crippen molar-refractivity contribution in [3.63, 3.8) is 0 Å². The fourth-order valence-corrected chi connectivity index (χ4v) is 2.36. The number of aliphatic hydroxyl groups excluding tert-OH is 1. The Labute approximate surface area is 142 Å². The van der Waals surface area contributed by atoms with Gasteiger partial charge in [0, 0.05) is 17.8 Å². The molecule has 0 saturated carbocycles. The number of aliphatic hydroxyl groups is 1. The molecule has 0 aliphatic carbocycles. The molecule has 0 aromatic heterocycles. The smallest absolute Gasteiger partial charge is 0.317 e. The maximum atomic E-state index is 10.9. The summed E-state index contributed by atoms with van der Waals surface area (Å²) in [6, 6.07) is -0.996. The zero-order valence-corrected chi connectivity index (χ0v) is 13.5. The molecular weight excluding hydrogens is 348 g/mol. The van der Waals surface area contributed by atoms with Gasteiger partial charge < -0.3 is 25.5 Å². The van der Waals surface area contributed by atoms with Gasteiger partial charge in [0.1, 0.15) is 0 Å². The van der Waals surface area contributed by atoms with E-state index < -0.39 is 68.0 Å². The number of hydrogen-bond donors (Lipinski definition) is 6. The van der Waals surface area contributed by atoms with Gasteiger partial charge in [-0.25, -0.2) is 0 Å². The molecule has 0 aliphatic heterocycles. The molecular formula is C12H20N2O9S. The fourth-order valence-electron chi connectivity index (χ4n) is 2.07. The first kappa shape index (κ1) is 22.1. The minimum Gasteiger partial charge on any atom is -0.480 e. The van der Waals surface area contributed by atoms with Crippen LogP contribution in [-0.4, -0.2) is 110 Å². The van der Waals surface area contributed by atoms with Crippen molar-refractivity contribution in [1.82, 2.24) is 9.80 Å². The maximum absolute atomic E-state index is 10.9. The summed E-state index contributed by atoms with van der Waals surface area (Å²) in [5.41, 5.74) is 0. The zero-order chi connectivity index (χ0) is 18.9. The summed E-state index contributed by atoms with van der Waals surface area (Å²) in [6.07, 6.45) is 0. The molecule has 24 heavy (non-hydrogen) atoms. The van der Waals surface area contributed by atoms with Gasteiger partial charge in [-0.1, -0.05) is 0 Å². The van der Waals surface area contributed by atoms with E-state index in [-0.39, 0.29) is 6.54 Å². The number of aliphatic carboxylic acids is 4. The van der Waals surface area contributed by atoms with Gasteiger partial charge in [0.2, 0.25) is 0 Å². The van der Waals surface area contributed by atoms with Crippen molar-refractivity contribution in [3.05, 3.63) is 0 Å². The second-order valence-corrected chi connectivity index (χ2v) is 5.63. The second kappa shape index (κ2) is 10.8. The highest BCUT2D eigenvalue weighted by molar-refractivity contribution is 7.81. The lowest BCUT2D eigenvalue weighted by atomic mass is 10.1. The van der Waals surface area contributed by atoms with Crippen LogP contribution in [0.4, 0.5) is 0 Å². The van der Waals surface area contributed by atoms with Gasteiger partial charge in [0.15, 0.2) is 0 Å². The molecule has 5 N–H and O–H groups in total. The highest BCUT2D eigenvalue weighted by atomic mass is 32.1. The SMILES string of the molecule is O=C(O)CN(CC(=O)O)CC(C(S)CO)N(CC(=O)O)CC(=O)O. The number of thiol groups is 1. The molecule has 0 amide bonds. The molecule has 0 fully saturated rings. The predicted octanol–water partition coefficient (Wildman–Crippen LogP) is -2.41. The van der Waals surface area contributed by atoms with Crippen LogP contribution in [0.25, 0.3) is 0 Å². The van der Waals surface area contributed by atoms with Crippen LogP contribution >= 0.6 is 12.6 Å². The molecule has 2 atom stereocenters. The van der Waals surface area contributed by atoms with E-state index in [9.17, 15) is 24.3 Å². The zero-order valence-electron chi connectivity index (χ0n) is 12.6. The van der Waals surface area contributed by atoms with Gasteiger partial charge in [-0.2, -0.15) is 12.6 Å². The Balaban J connectivity index is 5.41. The first-order valence-electron chi connectivity index (χ1n) is 6.69. The third kappa shape index (κ3) is 9.29. The molecule has 0 aromatic rings. The van der Waals surface area contributed by atoms with Crippen molar-refractivity contribution in [2.75, 3.05) is 39.3 Å². The van der Waals surface area contributed by atoms with Crippen molar-refractivity contribution in [2.24, 2.45) is 0 Å². The first-order chi connectivity index (χ1) is 11.1. The lowest BCUT2D eigenvalue weighted by Gasteiger charge is -2.35. The molecule has 11 nitrogen and oxygen atoms in total. The van der Waals surface area contributed by atoms with E-state index >= 15 is 0 Å². The van der Waals surface area contributed by atoms with E-state index in [0.29, 0.717) is 0 Å². The Hall–Kier alpha value is -1.89. The standard InChI is InChI=1S/C12H20N2O9S/c15-6-8(24)7(14(4-11(20)21)5-12(22)23)1-13(2-9(16)17)3-10(18)19/h7-8,15,24H,1-6H2,(H,16,17)(H,18,19)(H,20,21)(H,22,23). The van der Waals surface area contributed by atoms with Crippen molar-refractivity contribution in [1.29, 1.82) is 0 Å². The minimum absolute atomic E-state index is 0.298. The Bertz CT molecular complexity index is 441. The van der Waals surface area contributed by atoms with Crippen molar-refractivity contribution in [2.45, 2.75) is 11.3 Å². The third-order valence-electron chi connectivity index (χ3n) is 2.94. The van der Waals surface area contributed by atoms with Gasteiger partial charge in [0.25, 0.3) is 0 Å². The third-order valence-corrected chi connectivity index (χ3v) is 3.45. The van der Waals surface area contributed by atoms with Crippen LogP contribution in [0.1, 0.15) is 0 Å². The highest BCUT2D eigenvalue weighted by Crippen LogP contribution is 2.13. The van der Waals surface area contributed by atoms with Gasteiger partial charge in [0.05, 0.1) is 32.8 Å². The summed E-state index contributed by atoms with van der Waals surface area (Å²) >= 11 is 4.07. The number of carboxylic acids is 4. The Morgan fingerprint density at radius 3 is 1.46 bits per heavy atom. The topological polar surface area (TPSA) is 176 Å². The lowest BCUT2D eigenvalue weighted by molar-refractivity contribution is -0.146. The van der Waals surface area contributed by atoms with Crippen LogP contribution in [-0.2, 0) is 19.2 Å². The molecule has 2 unspecified atom stereocenters. The normalized spacial score (nSPS) is 13.7. The number of carboxylic acid groups (broad SMARTS) is 4. The van der Waals surface area contributed by atoms with Crippen LogP contribution in [0.2, 0.25) is 0 Å². The highest BCUT2D eigenvalue weighted by Gasteiger charge is 2.31. The van der Waals surface area contributed by atoms with E-state index in [1.54, 1.807) is 0 Å². The maximum Gasteiger partial charge on any atom is 0.317 e. The van der Waals surface area contributed by atoms with Crippen LogP contribution in [0, 0.1) is 0 Å². The monoisotopic (exact) mass is 368 g/mol. The van der Waals surface area contributed by atoms with E-state index in [0.717, 1.165) is 9.80 Å². The van der Waals surface area contributed by atoms with Crippen LogP contribution in [0.3, 0.4) is 0 Å². The summed E-state index contributed by atoms with van der Waals surface area (Å²) < 4.78 is 0. The summed E-state index contributed by atoms with van der Waals surface area (Å²) in [7, 11) is 0. The van der Waals surface area contributed by atoms with Gasteiger partial charge in [-0.3, -0.25) is 29.0 Å². The summed E-state index contributed by atoms with van der Waals surface area (Å²) in [4.78, 5) is 45.5. The van der Waals surface area contributed by atoms with E-state index in [4.69, 9.17) is 20.4 Å². The molecule has 0 rings (SSSR count). The number of rotatable bonds is 13. The van der Waals surface area contributed by atoms with E-state index in [1.807, 2.05) is 0 Å². The fraction of sp³-hybridized carbons (Fsp3) is 0.667. The van der Waals surface area contributed by atoms with Gasteiger partial charge >= 0.3 is 23.9 Å². The molecule has 0 heterocycles. The summed E-state index contributed by atoms with van der Waals surface area (Å²) in [5.74, 6) is -5.28. The largest absolute Gasteiger partial charge is 0.480 e. The second-order valence-electron chi connectivity index (χ2n) is 4.97. The lowest BCUT2D eigenvalue weighted by Crippen LogP contribution is -2.54. The predicted molar refractivity (Wildman–Crippen MR) is 82.2 cm³/mol. The number of nitrogens with zero attached hydrogens (tertiary/aromatic N) is 2. The minimum atomic E-state index is -1.33. The van der Waals surface area contributed by atoms with Gasteiger partial charge in [-0.15, -0.1) is 0 Å². The molecule has 0 aromatic carbocycles. The molecule has 0 saturated heterocycles. The molecule has 138 valence electrons. The first-order valence-corrected chi connectivity index (χ1v) is 7.21. The molecule has 0 spiro atoms. The molecule has 12 heteroatoms. The Kier molecular flexibility index (Phi) is 9.95. The van der Waals surface area contributed by atoms with Crippen molar-refractivity contribution >= 4 is 36.5 Å². The van der Waals surface area contributed by atoms with Crippen molar-refractivity contribution < 1.29 is 44.7 Å². The average Bonchev–Trinajstić information content (AvgIpc) is 2.40. The number of carbonyl (C=O) groups is 4. The summed E-state index contributed by atoms with van der Waals surface area (Å²) in [5, 5.41) is 43.8. The van der Waals surface area contributed by atoms with E-state index in [2.05, 4.69) is 12.6 Å². The molecule has 0 bridgehead atoms. The van der Waals surface area contributed by atoms with Crippen LogP contribution in [0.15, 0.2) is 0 Å². The Morgan fingerprint density at radius 2 is 1.17 bits per heavy atom. The van der Waals surface area contributed by atoms with Gasteiger partial charge in [-0.05, 0) is 0 Å². The van der Waals surface area contributed by atoms with Crippen LogP contribution < -0.4 is 0 Å². The average molecular weight is 368 g/mol. The van der Waals surface area contributed by atoms with Crippen molar-refractivity contribution in [3.8, 4) is 0 Å². The molecule has 0 radical (unpaired) electrons. The molecule has 0 aliphatic rings. The number of hydrogen-bond acceptors (Lipinski definition) is 8. The van der Waals surface area contributed by atoms with Crippen LogP contribution in [0.5, 0.6) is 0 Å². The van der Waals surface area contributed by atoms with E-state index in [1.165, 1.54) is 0 Å².